The molecule has 0 radical (unpaired) electrons. The predicted molar refractivity (Wildman–Crippen MR) is 136 cm³/mol. The second kappa shape index (κ2) is 11.9. The fraction of sp³-hybridized carbons (Fsp3) is 0.360. The Morgan fingerprint density at radius 1 is 1.09 bits per heavy atom. The molecule has 0 bridgehead atoms. The number of aliphatic imine (C=N–C) groups is 1. The molecule has 8 heteroatoms. The summed E-state index contributed by atoms with van der Waals surface area (Å²) < 4.78 is 0. The SMILES string of the molecule is CCC.Cc1[nH]nc2ccc(/C(N)=N/C(=C(\N)NCc3ccccc3)N3CCNCC3)cc12. The van der Waals surface area contributed by atoms with Crippen LogP contribution in [0.2, 0.25) is 0 Å². The molecule has 1 fully saturated rings. The molecule has 176 valence electrons. The number of rotatable bonds is 6. The van der Waals surface area contributed by atoms with Crippen molar-refractivity contribution in [2.45, 2.75) is 33.7 Å². The third-order valence-corrected chi connectivity index (χ3v) is 5.25. The minimum atomic E-state index is 0.426. The van der Waals surface area contributed by atoms with Crippen LogP contribution in [0.25, 0.3) is 10.9 Å². The summed E-state index contributed by atoms with van der Waals surface area (Å²) in [5.74, 6) is 1.62. The Balaban J connectivity index is 0.000000968. The number of aromatic nitrogens is 2. The molecule has 8 nitrogen and oxygen atoms in total. The first-order chi connectivity index (χ1) is 16.0. The summed E-state index contributed by atoms with van der Waals surface area (Å²) >= 11 is 0. The van der Waals surface area contributed by atoms with Gasteiger partial charge in [-0.1, -0.05) is 50.6 Å². The monoisotopic (exact) mass is 448 g/mol. The van der Waals surface area contributed by atoms with Crippen LogP contribution in [0, 0.1) is 6.92 Å². The van der Waals surface area contributed by atoms with E-state index < -0.39 is 0 Å². The van der Waals surface area contributed by atoms with E-state index in [0.29, 0.717) is 24.0 Å². The molecule has 7 N–H and O–H groups in total. The van der Waals surface area contributed by atoms with Gasteiger partial charge in [0.1, 0.15) is 11.7 Å². The smallest absolute Gasteiger partial charge is 0.171 e. The molecule has 1 saturated heterocycles. The van der Waals surface area contributed by atoms with Crippen molar-refractivity contribution in [3.8, 4) is 0 Å². The van der Waals surface area contributed by atoms with Gasteiger partial charge in [-0.15, -0.1) is 0 Å². The number of piperazine rings is 1. The highest BCUT2D eigenvalue weighted by Gasteiger charge is 2.17. The molecule has 4 rings (SSSR count). The van der Waals surface area contributed by atoms with Crippen molar-refractivity contribution in [1.29, 1.82) is 0 Å². The number of amidine groups is 1. The summed E-state index contributed by atoms with van der Waals surface area (Å²) in [6.45, 7) is 10.3. The maximum Gasteiger partial charge on any atom is 0.171 e. The maximum atomic E-state index is 6.45. The van der Waals surface area contributed by atoms with E-state index in [-0.39, 0.29) is 0 Å². The van der Waals surface area contributed by atoms with Gasteiger partial charge in [-0.25, -0.2) is 4.99 Å². The Kier molecular flexibility index (Phi) is 8.71. The van der Waals surface area contributed by atoms with Crippen LogP contribution in [0.1, 0.15) is 37.1 Å². The summed E-state index contributed by atoms with van der Waals surface area (Å²) in [6.07, 6.45) is 1.25. The van der Waals surface area contributed by atoms with Crippen molar-refractivity contribution in [1.82, 2.24) is 25.7 Å². The number of fused-ring (bicyclic) bond motifs is 1. The van der Waals surface area contributed by atoms with Gasteiger partial charge >= 0.3 is 0 Å². The maximum absolute atomic E-state index is 6.45. The summed E-state index contributed by atoms with van der Waals surface area (Å²) in [5, 5.41) is 15.0. The summed E-state index contributed by atoms with van der Waals surface area (Å²) in [6, 6.07) is 16.0. The molecular formula is C25H36N8. The van der Waals surface area contributed by atoms with Gasteiger partial charge in [-0.3, -0.25) is 5.10 Å². The van der Waals surface area contributed by atoms with Crippen LogP contribution < -0.4 is 22.1 Å². The Labute approximate surface area is 196 Å². The van der Waals surface area contributed by atoms with E-state index in [4.69, 9.17) is 16.5 Å². The van der Waals surface area contributed by atoms with Crippen molar-refractivity contribution in [2.75, 3.05) is 26.2 Å². The van der Waals surface area contributed by atoms with Crippen LogP contribution in [-0.2, 0) is 6.54 Å². The quantitative estimate of drug-likeness (QED) is 0.292. The van der Waals surface area contributed by atoms with Crippen LogP contribution in [0.5, 0.6) is 0 Å². The van der Waals surface area contributed by atoms with Crippen LogP contribution in [0.15, 0.2) is 65.2 Å². The van der Waals surface area contributed by atoms with Crippen molar-refractivity contribution in [2.24, 2.45) is 16.5 Å². The lowest BCUT2D eigenvalue weighted by molar-refractivity contribution is 0.291. The average Bonchev–Trinajstić information content (AvgIpc) is 3.22. The number of aromatic amines is 1. The fourth-order valence-corrected chi connectivity index (χ4v) is 3.53. The van der Waals surface area contributed by atoms with Crippen LogP contribution >= 0.6 is 0 Å². The van der Waals surface area contributed by atoms with Gasteiger partial charge in [0.25, 0.3) is 0 Å². The molecule has 0 atom stereocenters. The molecule has 0 unspecified atom stereocenters. The Morgan fingerprint density at radius 2 is 1.79 bits per heavy atom. The van der Waals surface area contributed by atoms with E-state index in [1.165, 1.54) is 6.42 Å². The number of hydrogen-bond acceptors (Lipinski definition) is 6. The Hall–Kier alpha value is -3.52. The number of benzene rings is 2. The fourth-order valence-electron chi connectivity index (χ4n) is 3.53. The number of hydrogen-bond donors (Lipinski definition) is 5. The van der Waals surface area contributed by atoms with Crippen molar-refractivity contribution < 1.29 is 0 Å². The zero-order chi connectivity index (χ0) is 23.6. The molecule has 3 aromatic rings. The van der Waals surface area contributed by atoms with Gasteiger partial charge < -0.3 is 27.0 Å². The molecule has 1 aliphatic rings. The first-order valence-corrected chi connectivity index (χ1v) is 11.6. The summed E-state index contributed by atoms with van der Waals surface area (Å²) in [7, 11) is 0. The first kappa shape index (κ1) is 24.1. The summed E-state index contributed by atoms with van der Waals surface area (Å²) in [5.41, 5.74) is 16.8. The Morgan fingerprint density at radius 3 is 2.48 bits per heavy atom. The highest BCUT2D eigenvalue weighted by Crippen LogP contribution is 2.18. The Bertz CT molecular complexity index is 1080. The topological polar surface area (TPSA) is 120 Å². The van der Waals surface area contributed by atoms with Crippen LogP contribution in [0.4, 0.5) is 0 Å². The van der Waals surface area contributed by atoms with E-state index in [1.807, 2.05) is 43.3 Å². The van der Waals surface area contributed by atoms with Gasteiger partial charge in [0.15, 0.2) is 5.82 Å². The first-order valence-electron chi connectivity index (χ1n) is 11.6. The van der Waals surface area contributed by atoms with Crippen LogP contribution in [-0.4, -0.2) is 47.1 Å². The van der Waals surface area contributed by atoms with E-state index in [9.17, 15) is 0 Å². The number of aryl methyl sites for hydroxylation is 1. The normalized spacial score (nSPS) is 15.0. The van der Waals surface area contributed by atoms with Crippen molar-refractivity contribution >= 4 is 16.7 Å². The van der Waals surface area contributed by atoms with Gasteiger partial charge in [0.2, 0.25) is 0 Å². The molecule has 0 saturated carbocycles. The van der Waals surface area contributed by atoms with Gasteiger partial charge in [-0.2, -0.15) is 5.10 Å². The standard InChI is InChI=1S/C22H28N8.C3H8/c1-15-18-13-17(7-8-19(18)29-28-15)20(23)27-22(30-11-9-25-10-12-30)21(24)26-14-16-5-3-2-4-6-16;1-3-2/h2-8,13,25-26H,9-12,14,24H2,1H3,(H2,23,27)(H,28,29);3H2,1-2H3/b22-21-;. The number of nitrogens with one attached hydrogen (secondary N) is 3. The largest absolute Gasteiger partial charge is 0.383 e. The molecule has 33 heavy (non-hydrogen) atoms. The molecule has 2 aromatic carbocycles. The molecule has 1 aromatic heterocycles. The lowest BCUT2D eigenvalue weighted by Gasteiger charge is -2.30. The average molecular weight is 449 g/mol. The van der Waals surface area contributed by atoms with Crippen LogP contribution in [0.3, 0.4) is 0 Å². The second-order valence-electron chi connectivity index (χ2n) is 8.10. The van der Waals surface area contributed by atoms with Crippen molar-refractivity contribution in [3.63, 3.8) is 0 Å². The third kappa shape index (κ3) is 6.49. The zero-order valence-corrected chi connectivity index (χ0v) is 19.9. The van der Waals surface area contributed by atoms with E-state index in [0.717, 1.165) is 53.9 Å². The van der Waals surface area contributed by atoms with Gasteiger partial charge in [0.05, 0.1) is 5.52 Å². The molecular weight excluding hydrogens is 412 g/mol. The lowest BCUT2D eigenvalue weighted by atomic mass is 10.1. The second-order valence-corrected chi connectivity index (χ2v) is 8.10. The molecule has 1 aliphatic heterocycles. The molecule has 0 amide bonds. The molecule has 0 aliphatic carbocycles. The minimum absolute atomic E-state index is 0.426. The number of H-pyrrole nitrogens is 1. The molecule has 2 heterocycles. The number of nitrogens with zero attached hydrogens (tertiary/aromatic N) is 3. The van der Waals surface area contributed by atoms with E-state index in [2.05, 4.69) is 51.7 Å². The zero-order valence-electron chi connectivity index (χ0n) is 19.9. The number of nitrogens with two attached hydrogens (primary N) is 2. The van der Waals surface area contributed by atoms with E-state index >= 15 is 0 Å². The lowest BCUT2D eigenvalue weighted by Crippen LogP contribution is -2.44. The van der Waals surface area contributed by atoms with Gasteiger partial charge in [-0.05, 0) is 30.7 Å². The predicted octanol–water partition coefficient (Wildman–Crippen LogP) is 2.77. The highest BCUT2D eigenvalue weighted by molar-refractivity contribution is 6.01. The minimum Gasteiger partial charge on any atom is -0.383 e. The van der Waals surface area contributed by atoms with E-state index in [1.54, 1.807) is 0 Å². The van der Waals surface area contributed by atoms with Gasteiger partial charge in [0, 0.05) is 49.4 Å². The third-order valence-electron chi connectivity index (χ3n) is 5.25. The highest BCUT2D eigenvalue weighted by atomic mass is 15.3. The molecule has 0 spiro atoms. The summed E-state index contributed by atoms with van der Waals surface area (Å²) in [4.78, 5) is 6.92. The van der Waals surface area contributed by atoms with Crippen molar-refractivity contribution in [3.05, 3.63) is 77.0 Å².